The Morgan fingerprint density at radius 2 is 1.57 bits per heavy atom. The van der Waals surface area contributed by atoms with Crippen molar-refractivity contribution in [1.29, 1.82) is 0 Å². The van der Waals surface area contributed by atoms with Gasteiger partial charge < -0.3 is 10.2 Å². The number of rotatable bonds is 7. The summed E-state index contributed by atoms with van der Waals surface area (Å²) < 4.78 is 27.9. The van der Waals surface area contributed by atoms with Gasteiger partial charge in [0.1, 0.15) is 0 Å². The first kappa shape index (κ1) is 23.8. The molecule has 3 aromatic rings. The minimum Gasteiger partial charge on any atom is -0.371 e. The van der Waals surface area contributed by atoms with Crippen molar-refractivity contribution in [1.82, 2.24) is 14.5 Å². The number of nitrogens with one attached hydrogen (secondary N) is 1. The summed E-state index contributed by atoms with van der Waals surface area (Å²) in [5.74, 6) is 0.456. The Morgan fingerprint density at radius 3 is 2.34 bits per heavy atom. The maximum atomic E-state index is 13.2. The normalized spacial score (nSPS) is 19.8. The summed E-state index contributed by atoms with van der Waals surface area (Å²) in [4.78, 5) is 17.3. The van der Waals surface area contributed by atoms with E-state index in [0.29, 0.717) is 50.1 Å². The second-order valence-electron chi connectivity index (χ2n) is 9.43. The topological polar surface area (TPSA) is 73.0 Å². The zero-order valence-corrected chi connectivity index (χ0v) is 20.7. The first-order valence-electron chi connectivity index (χ1n) is 12.3. The van der Waals surface area contributed by atoms with E-state index in [-0.39, 0.29) is 5.91 Å². The number of carbonyl (C=O) groups is 1. The smallest absolute Gasteiger partial charge is 0.243 e. The molecule has 8 heteroatoms. The molecule has 0 aliphatic carbocycles. The molecule has 0 spiro atoms. The molecule has 3 aromatic carbocycles. The number of hydrogen-bond acceptors (Lipinski definition) is 5. The van der Waals surface area contributed by atoms with Crippen LogP contribution in [0.3, 0.4) is 0 Å². The van der Waals surface area contributed by atoms with E-state index in [9.17, 15) is 13.2 Å². The van der Waals surface area contributed by atoms with Crippen LogP contribution in [0.25, 0.3) is 10.8 Å². The van der Waals surface area contributed by atoms with Gasteiger partial charge in [-0.25, -0.2) is 8.42 Å². The van der Waals surface area contributed by atoms with E-state index in [1.54, 1.807) is 12.1 Å². The monoisotopic (exact) mass is 492 g/mol. The quantitative estimate of drug-likeness (QED) is 0.549. The van der Waals surface area contributed by atoms with Gasteiger partial charge >= 0.3 is 0 Å². The highest BCUT2D eigenvalue weighted by molar-refractivity contribution is 7.89. The molecule has 0 bridgehead atoms. The van der Waals surface area contributed by atoms with Crippen molar-refractivity contribution in [3.05, 3.63) is 72.8 Å². The van der Waals surface area contributed by atoms with Gasteiger partial charge in [0.25, 0.3) is 0 Å². The summed E-state index contributed by atoms with van der Waals surface area (Å²) in [5.41, 5.74) is 1.23. The highest BCUT2D eigenvalue weighted by atomic mass is 32.2. The minimum atomic E-state index is -3.55. The third kappa shape index (κ3) is 5.50. The van der Waals surface area contributed by atoms with Crippen LogP contribution in [0.2, 0.25) is 0 Å². The van der Waals surface area contributed by atoms with Gasteiger partial charge in [0.15, 0.2) is 0 Å². The molecule has 5 rings (SSSR count). The van der Waals surface area contributed by atoms with E-state index in [1.807, 2.05) is 41.3 Å². The summed E-state index contributed by atoms with van der Waals surface area (Å²) >= 11 is 0. The van der Waals surface area contributed by atoms with E-state index in [2.05, 4.69) is 34.5 Å². The average molecular weight is 493 g/mol. The molecule has 1 N–H and O–H groups in total. The first-order valence-corrected chi connectivity index (χ1v) is 13.7. The van der Waals surface area contributed by atoms with Crippen LogP contribution < -0.4 is 10.2 Å². The van der Waals surface area contributed by atoms with Crippen LogP contribution in [0, 0.1) is 5.92 Å². The molecule has 2 saturated heterocycles. The van der Waals surface area contributed by atoms with Crippen LogP contribution in [0.4, 0.5) is 5.69 Å². The number of nitrogens with zero attached hydrogens (tertiary/aromatic N) is 3. The number of piperazine rings is 1. The lowest BCUT2D eigenvalue weighted by atomic mass is 10.1. The predicted molar refractivity (Wildman–Crippen MR) is 139 cm³/mol. The number of sulfonamides is 1. The van der Waals surface area contributed by atoms with Crippen molar-refractivity contribution in [3.63, 3.8) is 0 Å². The van der Waals surface area contributed by atoms with E-state index >= 15 is 0 Å². The van der Waals surface area contributed by atoms with Gasteiger partial charge in [-0.2, -0.15) is 4.31 Å². The van der Waals surface area contributed by atoms with Crippen LogP contribution in [-0.2, 0) is 14.8 Å². The van der Waals surface area contributed by atoms with Crippen LogP contribution >= 0.6 is 0 Å². The standard InChI is InChI=1S/C27H32N4O3S/c32-27(28-19-22-12-13-30(20-22)25-8-2-1-3-9-25)21-29-14-16-31(17-15-29)35(33,34)26-11-10-23-6-4-5-7-24(23)18-26/h1-11,18,22H,12-17,19-21H2,(H,28,32). The summed E-state index contributed by atoms with van der Waals surface area (Å²) in [7, 11) is -3.55. The molecular formula is C27H32N4O3S. The minimum absolute atomic E-state index is 0.00833. The Labute approximate surface area is 207 Å². The maximum Gasteiger partial charge on any atom is 0.243 e. The third-order valence-electron chi connectivity index (χ3n) is 7.05. The second-order valence-corrected chi connectivity index (χ2v) is 11.4. The molecule has 2 aliphatic heterocycles. The lowest BCUT2D eigenvalue weighted by Gasteiger charge is -2.33. The first-order chi connectivity index (χ1) is 17.0. The Bertz CT molecular complexity index is 1270. The van der Waals surface area contributed by atoms with Crippen LogP contribution in [0.15, 0.2) is 77.7 Å². The highest BCUT2D eigenvalue weighted by Crippen LogP contribution is 2.24. The molecule has 1 atom stereocenters. The molecule has 2 fully saturated rings. The Kier molecular flexibility index (Phi) is 7.04. The number of amides is 1. The van der Waals surface area contributed by atoms with Gasteiger partial charge in [0.2, 0.25) is 15.9 Å². The van der Waals surface area contributed by atoms with Crippen LogP contribution in [0.5, 0.6) is 0 Å². The molecule has 0 saturated carbocycles. The predicted octanol–water partition coefficient (Wildman–Crippen LogP) is 2.79. The number of hydrogen-bond donors (Lipinski definition) is 1. The van der Waals surface area contributed by atoms with Crippen molar-refractivity contribution in [3.8, 4) is 0 Å². The van der Waals surface area contributed by atoms with Gasteiger partial charge in [-0.15, -0.1) is 0 Å². The van der Waals surface area contributed by atoms with Gasteiger partial charge in [-0.3, -0.25) is 9.69 Å². The molecule has 0 aromatic heterocycles. The summed E-state index contributed by atoms with van der Waals surface area (Å²) in [6, 6.07) is 23.4. The van der Waals surface area contributed by atoms with Crippen molar-refractivity contribution >= 4 is 32.4 Å². The molecule has 35 heavy (non-hydrogen) atoms. The Hall–Kier alpha value is -2.94. The lowest BCUT2D eigenvalue weighted by Crippen LogP contribution is -2.51. The molecule has 184 valence electrons. The zero-order chi connectivity index (χ0) is 24.3. The Balaban J connectivity index is 1.08. The molecule has 0 radical (unpaired) electrons. The fourth-order valence-corrected chi connectivity index (χ4v) is 6.45. The molecule has 1 unspecified atom stereocenters. The molecule has 2 heterocycles. The lowest BCUT2D eigenvalue weighted by molar-refractivity contribution is -0.122. The van der Waals surface area contributed by atoms with Crippen molar-refractivity contribution in [2.75, 3.05) is 57.3 Å². The summed E-state index contributed by atoms with van der Waals surface area (Å²) in [6.45, 7) is 4.82. The summed E-state index contributed by atoms with van der Waals surface area (Å²) in [5, 5.41) is 5.02. The largest absolute Gasteiger partial charge is 0.371 e. The molecule has 1 amide bonds. The summed E-state index contributed by atoms with van der Waals surface area (Å²) in [6.07, 6.45) is 1.07. The third-order valence-corrected chi connectivity index (χ3v) is 8.95. The van der Waals surface area contributed by atoms with Gasteiger partial charge in [0, 0.05) is 51.5 Å². The fraction of sp³-hybridized carbons (Fsp3) is 0.370. The number of carbonyl (C=O) groups excluding carboxylic acids is 1. The van der Waals surface area contributed by atoms with E-state index < -0.39 is 10.0 Å². The molecule has 2 aliphatic rings. The number of fused-ring (bicyclic) bond motifs is 1. The Morgan fingerprint density at radius 1 is 0.857 bits per heavy atom. The van der Waals surface area contributed by atoms with Crippen molar-refractivity contribution < 1.29 is 13.2 Å². The van der Waals surface area contributed by atoms with E-state index in [0.717, 1.165) is 30.3 Å². The van der Waals surface area contributed by atoms with Crippen LogP contribution in [-0.4, -0.2) is 75.9 Å². The average Bonchev–Trinajstić information content (AvgIpc) is 3.37. The van der Waals surface area contributed by atoms with Crippen molar-refractivity contribution in [2.24, 2.45) is 5.92 Å². The number of benzene rings is 3. The van der Waals surface area contributed by atoms with Crippen LogP contribution in [0.1, 0.15) is 6.42 Å². The fourth-order valence-electron chi connectivity index (χ4n) is 4.99. The SMILES string of the molecule is O=C(CN1CCN(S(=O)(=O)c2ccc3ccccc3c2)CC1)NCC1CCN(c2ccccc2)C1. The van der Waals surface area contributed by atoms with E-state index in [4.69, 9.17) is 0 Å². The van der Waals surface area contributed by atoms with Crippen molar-refractivity contribution in [2.45, 2.75) is 11.3 Å². The highest BCUT2D eigenvalue weighted by Gasteiger charge is 2.29. The zero-order valence-electron chi connectivity index (χ0n) is 19.8. The van der Waals surface area contributed by atoms with Gasteiger partial charge in [0.05, 0.1) is 11.4 Å². The number of anilines is 1. The number of para-hydroxylation sites is 1. The molecule has 7 nitrogen and oxygen atoms in total. The van der Waals surface area contributed by atoms with Gasteiger partial charge in [-0.1, -0.05) is 48.5 Å². The second kappa shape index (κ2) is 10.4. The maximum absolute atomic E-state index is 13.2. The molecular weight excluding hydrogens is 460 g/mol. The van der Waals surface area contributed by atoms with Gasteiger partial charge in [-0.05, 0) is 47.4 Å². The van der Waals surface area contributed by atoms with E-state index in [1.165, 1.54) is 9.99 Å².